The first-order chi connectivity index (χ1) is 7.20. The Kier molecular flexibility index (Phi) is 3.07. The third-order valence-corrected chi connectivity index (χ3v) is 2.82. The summed E-state index contributed by atoms with van der Waals surface area (Å²) in [7, 11) is 0. The van der Waals surface area contributed by atoms with Crippen LogP contribution in [-0.4, -0.2) is 10.2 Å². The number of hydrogen-bond acceptors (Lipinski definition) is 3. The van der Waals surface area contributed by atoms with E-state index in [2.05, 4.69) is 26.1 Å². The molecule has 2 aromatic rings. The van der Waals surface area contributed by atoms with E-state index in [1.807, 2.05) is 13.0 Å². The molecule has 0 spiro atoms. The maximum absolute atomic E-state index is 5.84. The lowest BCUT2D eigenvalue weighted by molar-refractivity contribution is 0.512. The standard InChI is InChI=1S/C10H8BrClN2O/c1-2-9-13-14-10(15-9)7-4-3-6(12)5-8(7)11/h3-5H,2H2,1H3. The normalized spacial score (nSPS) is 10.6. The average Bonchev–Trinajstić information content (AvgIpc) is 2.66. The fraction of sp³-hybridized carbons (Fsp3) is 0.200. The molecule has 0 N–H and O–H groups in total. The highest BCUT2D eigenvalue weighted by Gasteiger charge is 2.10. The average molecular weight is 288 g/mol. The van der Waals surface area contributed by atoms with Crippen molar-refractivity contribution in [3.63, 3.8) is 0 Å². The van der Waals surface area contributed by atoms with E-state index in [4.69, 9.17) is 16.0 Å². The van der Waals surface area contributed by atoms with Gasteiger partial charge in [-0.3, -0.25) is 0 Å². The second-order valence-electron chi connectivity index (χ2n) is 2.98. The van der Waals surface area contributed by atoms with Crippen molar-refractivity contribution in [2.45, 2.75) is 13.3 Å². The van der Waals surface area contributed by atoms with Gasteiger partial charge in [0, 0.05) is 15.9 Å². The molecule has 1 aromatic carbocycles. The predicted octanol–water partition coefficient (Wildman–Crippen LogP) is 3.71. The molecule has 2 rings (SSSR count). The molecule has 0 fully saturated rings. The van der Waals surface area contributed by atoms with Gasteiger partial charge in [-0.05, 0) is 34.1 Å². The maximum atomic E-state index is 5.84. The number of nitrogens with zero attached hydrogens (tertiary/aromatic N) is 2. The van der Waals surface area contributed by atoms with Crippen molar-refractivity contribution in [1.82, 2.24) is 10.2 Å². The molecule has 0 saturated carbocycles. The largest absolute Gasteiger partial charge is 0.421 e. The Morgan fingerprint density at radius 2 is 2.20 bits per heavy atom. The van der Waals surface area contributed by atoms with E-state index >= 15 is 0 Å². The van der Waals surface area contributed by atoms with Gasteiger partial charge in [0.25, 0.3) is 0 Å². The summed E-state index contributed by atoms with van der Waals surface area (Å²) in [6.45, 7) is 1.97. The molecular formula is C10H8BrClN2O. The summed E-state index contributed by atoms with van der Waals surface area (Å²) in [5, 5.41) is 8.53. The van der Waals surface area contributed by atoms with E-state index in [1.165, 1.54) is 0 Å². The predicted molar refractivity (Wildman–Crippen MR) is 61.8 cm³/mol. The molecule has 0 aliphatic rings. The molecule has 0 bridgehead atoms. The number of halogens is 2. The van der Waals surface area contributed by atoms with Crippen molar-refractivity contribution in [2.24, 2.45) is 0 Å². The summed E-state index contributed by atoms with van der Waals surface area (Å²) < 4.78 is 6.29. The van der Waals surface area contributed by atoms with Gasteiger partial charge in [-0.2, -0.15) is 0 Å². The summed E-state index contributed by atoms with van der Waals surface area (Å²) in [5.41, 5.74) is 0.853. The molecule has 0 amide bonds. The van der Waals surface area contributed by atoms with E-state index in [0.29, 0.717) is 16.8 Å². The van der Waals surface area contributed by atoms with E-state index in [-0.39, 0.29) is 0 Å². The van der Waals surface area contributed by atoms with Gasteiger partial charge in [-0.25, -0.2) is 0 Å². The Morgan fingerprint density at radius 3 is 2.80 bits per heavy atom. The fourth-order valence-corrected chi connectivity index (χ4v) is 2.02. The van der Waals surface area contributed by atoms with Gasteiger partial charge in [-0.15, -0.1) is 10.2 Å². The molecule has 0 aliphatic heterocycles. The Labute approximate surface area is 101 Å². The number of benzene rings is 1. The summed E-state index contributed by atoms with van der Waals surface area (Å²) in [6, 6.07) is 5.43. The zero-order valence-electron chi connectivity index (χ0n) is 8.00. The zero-order valence-corrected chi connectivity index (χ0v) is 10.3. The Hall–Kier alpha value is -0.870. The first-order valence-corrected chi connectivity index (χ1v) is 5.65. The minimum Gasteiger partial charge on any atom is -0.421 e. The summed E-state index contributed by atoms with van der Waals surface area (Å²) >= 11 is 9.24. The van der Waals surface area contributed by atoms with Crippen molar-refractivity contribution in [2.75, 3.05) is 0 Å². The Morgan fingerprint density at radius 1 is 1.40 bits per heavy atom. The first kappa shape index (κ1) is 10.6. The molecule has 78 valence electrons. The first-order valence-electron chi connectivity index (χ1n) is 4.48. The van der Waals surface area contributed by atoms with Gasteiger partial charge < -0.3 is 4.42 Å². The third kappa shape index (κ3) is 2.21. The van der Waals surface area contributed by atoms with Crippen LogP contribution in [0.15, 0.2) is 27.1 Å². The molecule has 0 saturated heterocycles. The molecule has 1 aromatic heterocycles. The Bertz CT molecular complexity index is 484. The van der Waals surface area contributed by atoms with Crippen LogP contribution < -0.4 is 0 Å². The Balaban J connectivity index is 2.44. The molecule has 0 aliphatic carbocycles. The van der Waals surface area contributed by atoms with E-state index in [1.54, 1.807) is 12.1 Å². The molecule has 5 heteroatoms. The van der Waals surface area contributed by atoms with Crippen LogP contribution in [0.5, 0.6) is 0 Å². The maximum Gasteiger partial charge on any atom is 0.248 e. The molecule has 3 nitrogen and oxygen atoms in total. The summed E-state index contributed by atoms with van der Waals surface area (Å²) in [4.78, 5) is 0. The van der Waals surface area contributed by atoms with E-state index < -0.39 is 0 Å². The van der Waals surface area contributed by atoms with Gasteiger partial charge in [-0.1, -0.05) is 18.5 Å². The van der Waals surface area contributed by atoms with Crippen LogP contribution in [0.1, 0.15) is 12.8 Å². The topological polar surface area (TPSA) is 38.9 Å². The van der Waals surface area contributed by atoms with Crippen LogP contribution in [0.3, 0.4) is 0 Å². The molecule has 1 heterocycles. The van der Waals surface area contributed by atoms with Crippen LogP contribution in [0.2, 0.25) is 5.02 Å². The highest BCUT2D eigenvalue weighted by atomic mass is 79.9. The van der Waals surface area contributed by atoms with Crippen molar-refractivity contribution in [3.05, 3.63) is 33.6 Å². The second kappa shape index (κ2) is 4.33. The van der Waals surface area contributed by atoms with E-state index in [0.717, 1.165) is 16.5 Å². The zero-order chi connectivity index (χ0) is 10.8. The third-order valence-electron chi connectivity index (χ3n) is 1.93. The van der Waals surface area contributed by atoms with Crippen LogP contribution in [-0.2, 0) is 6.42 Å². The van der Waals surface area contributed by atoms with Gasteiger partial charge in [0.2, 0.25) is 11.8 Å². The highest BCUT2D eigenvalue weighted by molar-refractivity contribution is 9.10. The summed E-state index contributed by atoms with van der Waals surface area (Å²) in [6.07, 6.45) is 0.734. The number of hydrogen-bond donors (Lipinski definition) is 0. The van der Waals surface area contributed by atoms with Crippen LogP contribution >= 0.6 is 27.5 Å². The summed E-state index contributed by atoms with van der Waals surface area (Å²) in [5.74, 6) is 1.14. The molecule has 15 heavy (non-hydrogen) atoms. The van der Waals surface area contributed by atoms with Crippen molar-refractivity contribution < 1.29 is 4.42 Å². The fourth-order valence-electron chi connectivity index (χ4n) is 1.17. The van der Waals surface area contributed by atoms with Crippen LogP contribution in [0, 0.1) is 0 Å². The number of aromatic nitrogens is 2. The lowest BCUT2D eigenvalue weighted by Gasteiger charge is -1.98. The minimum atomic E-state index is 0.510. The monoisotopic (exact) mass is 286 g/mol. The minimum absolute atomic E-state index is 0.510. The SMILES string of the molecule is CCc1nnc(-c2ccc(Cl)cc2Br)o1. The number of rotatable bonds is 2. The van der Waals surface area contributed by atoms with E-state index in [9.17, 15) is 0 Å². The number of aryl methyl sites for hydroxylation is 1. The van der Waals surface area contributed by atoms with Crippen LogP contribution in [0.25, 0.3) is 11.5 Å². The quantitative estimate of drug-likeness (QED) is 0.845. The van der Waals surface area contributed by atoms with Crippen molar-refractivity contribution >= 4 is 27.5 Å². The second-order valence-corrected chi connectivity index (χ2v) is 4.27. The lowest BCUT2D eigenvalue weighted by Crippen LogP contribution is -1.79. The van der Waals surface area contributed by atoms with Crippen molar-refractivity contribution in [1.29, 1.82) is 0 Å². The van der Waals surface area contributed by atoms with Gasteiger partial charge in [0.1, 0.15) is 0 Å². The van der Waals surface area contributed by atoms with Gasteiger partial charge in [0.15, 0.2) is 0 Å². The highest BCUT2D eigenvalue weighted by Crippen LogP contribution is 2.29. The van der Waals surface area contributed by atoms with Crippen LogP contribution in [0.4, 0.5) is 0 Å². The molecular weight excluding hydrogens is 279 g/mol. The lowest BCUT2D eigenvalue weighted by atomic mass is 10.2. The van der Waals surface area contributed by atoms with Gasteiger partial charge >= 0.3 is 0 Å². The molecule has 0 radical (unpaired) electrons. The van der Waals surface area contributed by atoms with Crippen molar-refractivity contribution in [3.8, 4) is 11.5 Å². The smallest absolute Gasteiger partial charge is 0.248 e. The molecule has 0 unspecified atom stereocenters. The van der Waals surface area contributed by atoms with Gasteiger partial charge in [0.05, 0.1) is 5.56 Å². The molecule has 0 atom stereocenters.